The predicted octanol–water partition coefficient (Wildman–Crippen LogP) is 4.24. The second kappa shape index (κ2) is 12.7. The van der Waals surface area contributed by atoms with Gasteiger partial charge in [0.05, 0.1) is 17.7 Å². The van der Waals surface area contributed by atoms with Crippen LogP contribution >= 0.6 is 11.6 Å². The van der Waals surface area contributed by atoms with E-state index in [0.717, 1.165) is 4.31 Å². The van der Waals surface area contributed by atoms with Crippen LogP contribution in [0, 0.1) is 5.82 Å². The Kier molecular flexibility index (Phi) is 9.71. The molecule has 3 aromatic carbocycles. The van der Waals surface area contributed by atoms with Gasteiger partial charge in [0.1, 0.15) is 24.2 Å². The van der Waals surface area contributed by atoms with E-state index in [1.807, 2.05) is 0 Å². The summed E-state index contributed by atoms with van der Waals surface area (Å²) in [7, 11) is -1.32. The van der Waals surface area contributed by atoms with Crippen molar-refractivity contribution in [2.75, 3.05) is 25.0 Å². The average molecular weight is 562 g/mol. The van der Waals surface area contributed by atoms with E-state index in [2.05, 4.69) is 5.32 Å². The number of carbonyl (C=O) groups excluding carboxylic acids is 2. The number of likely N-dealkylation sites (N-methyl/N-ethyl adjacent to an activating group) is 1. The van der Waals surface area contributed by atoms with Crippen LogP contribution in [0.15, 0.2) is 77.7 Å². The first kappa shape index (κ1) is 28.9. The van der Waals surface area contributed by atoms with Gasteiger partial charge in [-0.3, -0.25) is 13.9 Å². The Morgan fingerprint density at radius 1 is 1.05 bits per heavy atom. The van der Waals surface area contributed by atoms with Crippen LogP contribution in [0.4, 0.5) is 10.1 Å². The number of benzene rings is 3. The maximum absolute atomic E-state index is 13.8. The molecular formula is C27H29ClFN3O5S. The first-order chi connectivity index (χ1) is 18.1. The van der Waals surface area contributed by atoms with E-state index in [1.165, 1.54) is 79.7 Å². The molecule has 0 spiro atoms. The van der Waals surface area contributed by atoms with E-state index < -0.39 is 40.2 Å². The van der Waals surface area contributed by atoms with E-state index in [-0.39, 0.29) is 28.6 Å². The lowest BCUT2D eigenvalue weighted by Crippen LogP contribution is -2.51. The lowest BCUT2D eigenvalue weighted by molar-refractivity contribution is -0.140. The molecule has 0 saturated carbocycles. The number of anilines is 1. The van der Waals surface area contributed by atoms with Gasteiger partial charge >= 0.3 is 0 Å². The summed E-state index contributed by atoms with van der Waals surface area (Å²) in [6.07, 6.45) is 0.273. The fraction of sp³-hybridized carbons (Fsp3) is 0.259. The van der Waals surface area contributed by atoms with Crippen molar-refractivity contribution in [3.8, 4) is 5.75 Å². The second-order valence-corrected chi connectivity index (χ2v) is 10.7. The third-order valence-electron chi connectivity index (χ3n) is 5.92. The summed E-state index contributed by atoms with van der Waals surface area (Å²) >= 11 is 6.16. The maximum Gasteiger partial charge on any atom is 0.264 e. The van der Waals surface area contributed by atoms with Gasteiger partial charge in [-0.05, 0) is 66.6 Å². The predicted molar refractivity (Wildman–Crippen MR) is 144 cm³/mol. The minimum atomic E-state index is -4.24. The van der Waals surface area contributed by atoms with Crippen molar-refractivity contribution in [2.24, 2.45) is 0 Å². The smallest absolute Gasteiger partial charge is 0.264 e. The van der Waals surface area contributed by atoms with Crippen LogP contribution in [0.2, 0.25) is 5.02 Å². The van der Waals surface area contributed by atoms with Crippen LogP contribution < -0.4 is 14.4 Å². The lowest BCUT2D eigenvalue weighted by Gasteiger charge is -2.33. The van der Waals surface area contributed by atoms with Gasteiger partial charge in [-0.2, -0.15) is 0 Å². The number of amides is 2. The van der Waals surface area contributed by atoms with Crippen molar-refractivity contribution < 1.29 is 27.1 Å². The molecule has 0 aliphatic heterocycles. The zero-order chi connectivity index (χ0) is 27.9. The Labute approximate surface area is 227 Å². The Balaban J connectivity index is 2.05. The lowest BCUT2D eigenvalue weighted by atomic mass is 10.1. The van der Waals surface area contributed by atoms with Crippen molar-refractivity contribution in [1.29, 1.82) is 0 Å². The molecule has 0 bridgehead atoms. The highest BCUT2D eigenvalue weighted by molar-refractivity contribution is 7.92. The molecule has 1 N–H and O–H groups in total. The van der Waals surface area contributed by atoms with Gasteiger partial charge in [0, 0.05) is 18.6 Å². The number of hydrogen-bond donors (Lipinski definition) is 1. The van der Waals surface area contributed by atoms with Gasteiger partial charge in [0.15, 0.2) is 0 Å². The molecule has 1 atom stereocenters. The van der Waals surface area contributed by atoms with Crippen LogP contribution in [-0.2, 0) is 26.2 Å². The monoisotopic (exact) mass is 561 g/mol. The van der Waals surface area contributed by atoms with Crippen LogP contribution in [0.5, 0.6) is 5.75 Å². The molecule has 0 radical (unpaired) electrons. The average Bonchev–Trinajstić information content (AvgIpc) is 2.92. The number of ether oxygens (including phenoxy) is 1. The number of halogens is 2. The highest BCUT2D eigenvalue weighted by Gasteiger charge is 2.33. The third kappa shape index (κ3) is 6.81. The second-order valence-electron chi connectivity index (χ2n) is 8.35. The van der Waals surface area contributed by atoms with E-state index >= 15 is 0 Å². The van der Waals surface area contributed by atoms with E-state index in [0.29, 0.717) is 11.3 Å². The summed E-state index contributed by atoms with van der Waals surface area (Å²) in [5.41, 5.74) is 0.755. The minimum absolute atomic E-state index is 0.0307. The summed E-state index contributed by atoms with van der Waals surface area (Å²) in [5.74, 6) is -1.00. The Morgan fingerprint density at radius 3 is 2.26 bits per heavy atom. The topological polar surface area (TPSA) is 96.0 Å². The van der Waals surface area contributed by atoms with Crippen molar-refractivity contribution >= 4 is 39.1 Å². The Morgan fingerprint density at radius 2 is 1.71 bits per heavy atom. The zero-order valence-electron chi connectivity index (χ0n) is 21.2. The van der Waals surface area contributed by atoms with Crippen LogP contribution in [0.3, 0.4) is 0 Å². The summed E-state index contributed by atoms with van der Waals surface area (Å²) in [5, 5.41) is 2.83. The van der Waals surface area contributed by atoms with Gasteiger partial charge < -0.3 is 15.0 Å². The maximum atomic E-state index is 13.8. The van der Waals surface area contributed by atoms with Crippen molar-refractivity contribution in [2.45, 2.75) is 30.8 Å². The molecule has 2 amide bonds. The van der Waals surface area contributed by atoms with E-state index in [1.54, 1.807) is 19.1 Å². The van der Waals surface area contributed by atoms with Crippen LogP contribution in [0.1, 0.15) is 18.9 Å². The zero-order valence-corrected chi connectivity index (χ0v) is 22.8. The fourth-order valence-electron chi connectivity index (χ4n) is 3.91. The molecule has 202 valence electrons. The third-order valence-corrected chi connectivity index (χ3v) is 7.94. The quantitative estimate of drug-likeness (QED) is 0.378. The molecule has 0 aliphatic rings. The Bertz CT molecular complexity index is 1370. The minimum Gasteiger partial charge on any atom is -0.497 e. The SMILES string of the molecule is CC[C@@H](C(=O)NC)N(Cc1ccc(F)cc1)C(=O)CN(c1cccc(Cl)c1)S(=O)(=O)c1ccc(OC)cc1. The van der Waals surface area contributed by atoms with Crippen molar-refractivity contribution in [3.05, 3.63) is 89.2 Å². The Hall–Kier alpha value is -3.63. The molecular weight excluding hydrogens is 533 g/mol. The van der Waals surface area contributed by atoms with E-state index in [4.69, 9.17) is 16.3 Å². The number of nitrogens with zero attached hydrogens (tertiary/aromatic N) is 2. The van der Waals surface area contributed by atoms with Gasteiger partial charge in [0.2, 0.25) is 11.8 Å². The summed E-state index contributed by atoms with van der Waals surface area (Å²) in [6, 6.07) is 16.5. The molecule has 3 aromatic rings. The first-order valence-electron chi connectivity index (χ1n) is 11.8. The molecule has 0 aromatic heterocycles. The normalized spacial score (nSPS) is 11.9. The van der Waals surface area contributed by atoms with Crippen molar-refractivity contribution in [1.82, 2.24) is 10.2 Å². The number of methoxy groups -OCH3 is 1. The molecule has 3 rings (SSSR count). The number of nitrogens with one attached hydrogen (secondary N) is 1. The van der Waals surface area contributed by atoms with Gasteiger partial charge in [-0.15, -0.1) is 0 Å². The molecule has 0 unspecified atom stereocenters. The van der Waals surface area contributed by atoms with E-state index in [9.17, 15) is 22.4 Å². The van der Waals surface area contributed by atoms with Crippen LogP contribution in [0.25, 0.3) is 0 Å². The number of hydrogen-bond acceptors (Lipinski definition) is 5. The van der Waals surface area contributed by atoms with Gasteiger partial charge in [0.25, 0.3) is 10.0 Å². The number of sulfonamides is 1. The number of carbonyl (C=O) groups is 2. The molecule has 0 saturated heterocycles. The largest absolute Gasteiger partial charge is 0.497 e. The fourth-order valence-corrected chi connectivity index (χ4v) is 5.50. The number of rotatable bonds is 11. The summed E-state index contributed by atoms with van der Waals surface area (Å²) in [6.45, 7) is 1.11. The molecule has 0 fully saturated rings. The molecule has 0 aliphatic carbocycles. The highest BCUT2D eigenvalue weighted by atomic mass is 35.5. The van der Waals surface area contributed by atoms with Gasteiger partial charge in [-0.25, -0.2) is 12.8 Å². The van der Waals surface area contributed by atoms with Gasteiger partial charge in [-0.1, -0.05) is 36.7 Å². The molecule has 11 heteroatoms. The van der Waals surface area contributed by atoms with Crippen LogP contribution in [-0.4, -0.2) is 51.9 Å². The molecule has 0 heterocycles. The first-order valence-corrected chi connectivity index (χ1v) is 13.6. The standard InChI is InChI=1S/C27H29ClFN3O5S/c1-4-25(27(34)30-2)31(17-19-8-10-21(29)11-9-19)26(33)18-32(22-7-5-6-20(28)16-22)38(35,36)24-14-12-23(37-3)13-15-24/h5-16,25H,4,17-18H2,1-3H3,(H,30,34)/t25-/m0/s1. The summed E-state index contributed by atoms with van der Waals surface area (Å²) in [4.78, 5) is 27.7. The highest BCUT2D eigenvalue weighted by Crippen LogP contribution is 2.28. The molecule has 38 heavy (non-hydrogen) atoms. The summed E-state index contributed by atoms with van der Waals surface area (Å²) < 4.78 is 47.1. The molecule has 8 nitrogen and oxygen atoms in total. The van der Waals surface area contributed by atoms with Crippen molar-refractivity contribution in [3.63, 3.8) is 0 Å².